The molecular formula is C21H24O3. The highest BCUT2D eigenvalue weighted by molar-refractivity contribution is 5.92. The summed E-state index contributed by atoms with van der Waals surface area (Å²) >= 11 is 0. The van der Waals surface area contributed by atoms with Gasteiger partial charge in [0.25, 0.3) is 0 Å². The number of fused-ring (bicyclic) bond motifs is 2. The summed E-state index contributed by atoms with van der Waals surface area (Å²) in [6.07, 6.45) is 4.35. The first kappa shape index (κ1) is 15.5. The first-order chi connectivity index (χ1) is 11.6. The third-order valence-electron chi connectivity index (χ3n) is 5.81. The van der Waals surface area contributed by atoms with Gasteiger partial charge in [-0.05, 0) is 38.1 Å². The van der Waals surface area contributed by atoms with Gasteiger partial charge in [0.05, 0.1) is 12.5 Å². The van der Waals surface area contributed by atoms with Crippen LogP contribution in [0.4, 0.5) is 0 Å². The van der Waals surface area contributed by atoms with Crippen molar-refractivity contribution < 1.29 is 14.3 Å². The van der Waals surface area contributed by atoms with E-state index in [4.69, 9.17) is 9.47 Å². The average Bonchev–Trinajstić information content (AvgIpc) is 2.87. The molecule has 0 radical (unpaired) electrons. The number of hydrogen-bond donors (Lipinski definition) is 0. The number of ether oxygens (including phenoxy) is 2. The van der Waals surface area contributed by atoms with Crippen molar-refractivity contribution >= 4 is 16.7 Å². The average molecular weight is 324 g/mol. The fraction of sp³-hybridized carbons (Fsp3) is 0.476. The Kier molecular flexibility index (Phi) is 3.75. The lowest BCUT2D eigenvalue weighted by atomic mass is 9.70. The summed E-state index contributed by atoms with van der Waals surface area (Å²) in [6.45, 7) is 4.73. The monoisotopic (exact) mass is 324 g/mol. The van der Waals surface area contributed by atoms with E-state index in [1.807, 2.05) is 25.1 Å². The molecule has 1 aliphatic heterocycles. The van der Waals surface area contributed by atoms with Gasteiger partial charge in [-0.3, -0.25) is 4.79 Å². The second kappa shape index (κ2) is 5.80. The van der Waals surface area contributed by atoms with E-state index in [2.05, 4.69) is 25.1 Å². The van der Waals surface area contributed by atoms with Gasteiger partial charge in [-0.2, -0.15) is 0 Å². The third kappa shape index (κ3) is 2.21. The lowest BCUT2D eigenvalue weighted by molar-refractivity contribution is -0.150. The zero-order valence-corrected chi connectivity index (χ0v) is 14.4. The summed E-state index contributed by atoms with van der Waals surface area (Å²) in [4.78, 5) is 12.5. The molecule has 4 rings (SSSR count). The second-order valence-electron chi connectivity index (χ2n) is 7.12. The lowest BCUT2D eigenvalue weighted by Crippen LogP contribution is -2.33. The van der Waals surface area contributed by atoms with Crippen LogP contribution in [0, 0.1) is 11.8 Å². The standard InChI is InChI=1S/C21H24O3/c1-3-23-19-13-12-18(14-8-4-5-9-15(14)19)21(2)17-11-7-6-10-16(17)20(22)24-21/h4-5,8-9,12-13,16-17H,3,6-7,10-11H2,1-2H3/t16-,17-,21+/m0/s1. The summed E-state index contributed by atoms with van der Waals surface area (Å²) < 4.78 is 11.8. The highest BCUT2D eigenvalue weighted by Gasteiger charge is 2.54. The second-order valence-corrected chi connectivity index (χ2v) is 7.12. The maximum absolute atomic E-state index is 12.5. The minimum Gasteiger partial charge on any atom is -0.493 e. The van der Waals surface area contributed by atoms with E-state index >= 15 is 0 Å². The van der Waals surface area contributed by atoms with E-state index in [0.717, 1.165) is 41.3 Å². The molecule has 3 heteroatoms. The molecule has 1 saturated heterocycles. The van der Waals surface area contributed by atoms with Crippen molar-refractivity contribution in [1.82, 2.24) is 0 Å². The van der Waals surface area contributed by atoms with Gasteiger partial charge in [0, 0.05) is 16.9 Å². The van der Waals surface area contributed by atoms with Crippen molar-refractivity contribution in [3.8, 4) is 5.75 Å². The summed E-state index contributed by atoms with van der Waals surface area (Å²) in [7, 11) is 0. The van der Waals surface area contributed by atoms with E-state index in [-0.39, 0.29) is 17.8 Å². The molecule has 2 aliphatic rings. The first-order valence-corrected chi connectivity index (χ1v) is 9.03. The molecule has 2 aromatic rings. The predicted octanol–water partition coefficient (Wildman–Crippen LogP) is 4.82. The zero-order valence-electron chi connectivity index (χ0n) is 14.4. The van der Waals surface area contributed by atoms with Crippen LogP contribution in [0.3, 0.4) is 0 Å². The normalized spacial score (nSPS) is 29.3. The van der Waals surface area contributed by atoms with Crippen molar-refractivity contribution in [2.45, 2.75) is 45.1 Å². The van der Waals surface area contributed by atoms with E-state index in [9.17, 15) is 4.79 Å². The van der Waals surface area contributed by atoms with Gasteiger partial charge in [-0.1, -0.05) is 43.2 Å². The maximum Gasteiger partial charge on any atom is 0.310 e. The molecule has 1 aliphatic carbocycles. The topological polar surface area (TPSA) is 35.5 Å². The van der Waals surface area contributed by atoms with Gasteiger partial charge < -0.3 is 9.47 Å². The Morgan fingerprint density at radius 3 is 2.67 bits per heavy atom. The summed E-state index contributed by atoms with van der Waals surface area (Å²) in [5, 5.41) is 2.22. The van der Waals surface area contributed by atoms with E-state index in [1.54, 1.807) is 0 Å². The van der Waals surface area contributed by atoms with Crippen LogP contribution in [0.25, 0.3) is 10.8 Å². The van der Waals surface area contributed by atoms with Crippen molar-refractivity contribution in [1.29, 1.82) is 0 Å². The number of carbonyl (C=O) groups is 1. The minimum absolute atomic E-state index is 0.0137. The van der Waals surface area contributed by atoms with Crippen molar-refractivity contribution in [2.24, 2.45) is 11.8 Å². The van der Waals surface area contributed by atoms with Crippen LogP contribution >= 0.6 is 0 Å². The highest BCUT2D eigenvalue weighted by atomic mass is 16.6. The highest BCUT2D eigenvalue weighted by Crippen LogP contribution is 2.52. The molecule has 126 valence electrons. The third-order valence-corrected chi connectivity index (χ3v) is 5.81. The Morgan fingerprint density at radius 2 is 1.88 bits per heavy atom. The smallest absolute Gasteiger partial charge is 0.310 e. The Bertz CT molecular complexity index is 782. The van der Waals surface area contributed by atoms with E-state index in [1.165, 1.54) is 6.42 Å². The Morgan fingerprint density at radius 1 is 1.12 bits per heavy atom. The molecule has 0 N–H and O–H groups in total. The molecule has 1 heterocycles. The lowest BCUT2D eigenvalue weighted by Gasteiger charge is -2.34. The van der Waals surface area contributed by atoms with Crippen LogP contribution in [0.15, 0.2) is 36.4 Å². The number of benzene rings is 2. The molecule has 0 amide bonds. The van der Waals surface area contributed by atoms with Crippen LogP contribution in [-0.2, 0) is 15.1 Å². The number of rotatable bonds is 3. The minimum atomic E-state index is -0.535. The van der Waals surface area contributed by atoms with Gasteiger partial charge in [-0.25, -0.2) is 0 Å². The summed E-state index contributed by atoms with van der Waals surface area (Å²) in [5.74, 6) is 1.22. The molecule has 3 nitrogen and oxygen atoms in total. The van der Waals surface area contributed by atoms with Crippen molar-refractivity contribution in [3.63, 3.8) is 0 Å². The number of esters is 1. The van der Waals surface area contributed by atoms with Gasteiger partial charge in [-0.15, -0.1) is 0 Å². The van der Waals surface area contributed by atoms with Gasteiger partial charge in [0.2, 0.25) is 0 Å². The Hall–Kier alpha value is -2.03. The van der Waals surface area contributed by atoms with E-state index < -0.39 is 5.60 Å². The fourth-order valence-electron chi connectivity index (χ4n) is 4.67. The molecule has 24 heavy (non-hydrogen) atoms. The maximum atomic E-state index is 12.5. The molecule has 2 fully saturated rings. The Labute approximate surface area is 143 Å². The molecule has 0 aromatic heterocycles. The molecule has 0 unspecified atom stereocenters. The van der Waals surface area contributed by atoms with Gasteiger partial charge in [0.15, 0.2) is 0 Å². The van der Waals surface area contributed by atoms with E-state index in [0.29, 0.717) is 6.61 Å². The molecule has 3 atom stereocenters. The van der Waals surface area contributed by atoms with Gasteiger partial charge >= 0.3 is 5.97 Å². The van der Waals surface area contributed by atoms with Crippen LogP contribution in [0.1, 0.15) is 45.1 Å². The Balaban J connectivity index is 1.87. The quantitative estimate of drug-likeness (QED) is 0.760. The number of cyclic esters (lactones) is 1. The number of carbonyl (C=O) groups excluding carboxylic acids is 1. The largest absolute Gasteiger partial charge is 0.493 e. The molecule has 2 aromatic carbocycles. The fourth-order valence-corrected chi connectivity index (χ4v) is 4.67. The first-order valence-electron chi connectivity index (χ1n) is 9.03. The van der Waals surface area contributed by atoms with Gasteiger partial charge in [0.1, 0.15) is 11.4 Å². The summed E-state index contributed by atoms with van der Waals surface area (Å²) in [6, 6.07) is 12.4. The van der Waals surface area contributed by atoms with Crippen molar-refractivity contribution in [2.75, 3.05) is 6.61 Å². The van der Waals surface area contributed by atoms with Crippen molar-refractivity contribution in [3.05, 3.63) is 42.0 Å². The molecular weight excluding hydrogens is 300 g/mol. The predicted molar refractivity (Wildman–Crippen MR) is 94.0 cm³/mol. The SMILES string of the molecule is CCOc1ccc([C@]2(C)OC(=O)[C@H]3CCCC[C@@H]32)c2ccccc12. The zero-order chi connectivity index (χ0) is 16.7. The van der Waals surface area contributed by atoms with Crippen LogP contribution < -0.4 is 4.74 Å². The summed E-state index contributed by atoms with van der Waals surface area (Å²) in [5.41, 5.74) is 0.580. The molecule has 1 saturated carbocycles. The van der Waals surface area contributed by atoms with Crippen LogP contribution in [-0.4, -0.2) is 12.6 Å². The number of hydrogen-bond acceptors (Lipinski definition) is 3. The van der Waals surface area contributed by atoms with Crippen LogP contribution in [0.2, 0.25) is 0 Å². The van der Waals surface area contributed by atoms with Crippen LogP contribution in [0.5, 0.6) is 5.75 Å². The molecule has 0 spiro atoms. The molecule has 0 bridgehead atoms.